The predicted octanol–water partition coefficient (Wildman–Crippen LogP) is 3.68. The molecule has 3 rings (SSSR count). The van der Waals surface area contributed by atoms with Crippen molar-refractivity contribution in [3.63, 3.8) is 0 Å². The average Bonchev–Trinajstić information content (AvgIpc) is 2.90. The van der Waals surface area contributed by atoms with Gasteiger partial charge in [-0.15, -0.1) is 0 Å². The number of carbonyl (C=O) groups is 3. The molecule has 0 atom stereocenters. The molecule has 0 aromatic heterocycles. The molecule has 6 nitrogen and oxygen atoms in total. The predicted molar refractivity (Wildman–Crippen MR) is 105 cm³/mol. The van der Waals surface area contributed by atoms with Crippen LogP contribution in [0.2, 0.25) is 0 Å². The van der Waals surface area contributed by atoms with E-state index in [1.54, 1.807) is 30.3 Å². The quantitative estimate of drug-likeness (QED) is 0.799. The van der Waals surface area contributed by atoms with Gasteiger partial charge in [-0.1, -0.05) is 29.8 Å². The Morgan fingerprint density at radius 2 is 1.78 bits per heavy atom. The first-order chi connectivity index (χ1) is 12.9. The lowest BCUT2D eigenvalue weighted by atomic mass is 10.2. The van der Waals surface area contributed by atoms with Crippen LogP contribution in [-0.2, 0) is 9.59 Å². The van der Waals surface area contributed by atoms with E-state index in [9.17, 15) is 14.4 Å². The molecule has 1 aliphatic heterocycles. The fourth-order valence-electron chi connectivity index (χ4n) is 2.34. The molecule has 0 aliphatic carbocycles. The topological polar surface area (TPSA) is 75.7 Å². The minimum atomic E-state index is -0.307. The van der Waals surface area contributed by atoms with Crippen LogP contribution in [0.15, 0.2) is 53.4 Å². The Labute approximate surface area is 161 Å². The zero-order chi connectivity index (χ0) is 19.4. The Morgan fingerprint density at radius 3 is 2.37 bits per heavy atom. The number of ether oxygens (including phenoxy) is 1. The number of aryl methyl sites for hydroxylation is 1. The first kappa shape index (κ1) is 18.7. The highest BCUT2D eigenvalue weighted by Crippen LogP contribution is 2.31. The van der Waals surface area contributed by atoms with Gasteiger partial charge >= 0.3 is 0 Å². The van der Waals surface area contributed by atoms with Crippen LogP contribution in [0.3, 0.4) is 0 Å². The van der Waals surface area contributed by atoms with E-state index >= 15 is 0 Å². The van der Waals surface area contributed by atoms with E-state index < -0.39 is 0 Å². The van der Waals surface area contributed by atoms with Gasteiger partial charge in [-0.25, -0.2) is 0 Å². The number of carbonyl (C=O) groups excluding carboxylic acids is 3. The van der Waals surface area contributed by atoms with E-state index in [2.05, 4.69) is 5.32 Å². The number of hydrogen-bond acceptors (Lipinski definition) is 5. The molecule has 2 aromatic rings. The second kappa shape index (κ2) is 8.09. The lowest BCUT2D eigenvalue weighted by Gasteiger charge is -2.08. The number of likely N-dealkylation sites (N-methyl/N-ethyl adjacent to an activating group) is 1. The van der Waals surface area contributed by atoms with E-state index in [1.807, 2.05) is 31.2 Å². The number of rotatable bonds is 5. The summed E-state index contributed by atoms with van der Waals surface area (Å²) in [4.78, 5) is 36.8. The van der Waals surface area contributed by atoms with Crippen molar-refractivity contribution in [3.8, 4) is 5.75 Å². The highest BCUT2D eigenvalue weighted by molar-refractivity contribution is 8.18. The summed E-state index contributed by atoms with van der Waals surface area (Å²) in [5.41, 5.74) is 2.60. The SMILES string of the molecule is Cc1ccc(NC(=O)COc2ccc(/C=C3/SC(=O)N(C)C3=O)cc2)cc1. The van der Waals surface area contributed by atoms with E-state index in [0.717, 1.165) is 33.5 Å². The summed E-state index contributed by atoms with van der Waals surface area (Å²) in [6.45, 7) is 1.87. The molecule has 7 heteroatoms. The van der Waals surface area contributed by atoms with Gasteiger partial charge in [-0.3, -0.25) is 19.3 Å². The molecule has 3 amide bonds. The Kier molecular flexibility index (Phi) is 5.61. The summed E-state index contributed by atoms with van der Waals surface area (Å²) < 4.78 is 5.48. The van der Waals surface area contributed by atoms with Gasteiger partial charge in [0.15, 0.2) is 6.61 Å². The number of benzene rings is 2. The summed E-state index contributed by atoms with van der Waals surface area (Å²) in [5, 5.41) is 2.48. The number of nitrogens with zero attached hydrogens (tertiary/aromatic N) is 1. The van der Waals surface area contributed by atoms with Gasteiger partial charge in [-0.2, -0.15) is 0 Å². The molecule has 0 saturated carbocycles. The maximum absolute atomic E-state index is 11.9. The van der Waals surface area contributed by atoms with E-state index in [0.29, 0.717) is 10.7 Å². The molecule has 27 heavy (non-hydrogen) atoms. The van der Waals surface area contributed by atoms with Crippen LogP contribution in [0.1, 0.15) is 11.1 Å². The van der Waals surface area contributed by atoms with Crippen molar-refractivity contribution in [2.24, 2.45) is 0 Å². The molecule has 138 valence electrons. The smallest absolute Gasteiger partial charge is 0.293 e. The van der Waals surface area contributed by atoms with Crippen LogP contribution in [0.4, 0.5) is 10.5 Å². The molecule has 1 heterocycles. The summed E-state index contributed by atoms with van der Waals surface area (Å²) in [5.74, 6) is -0.0209. The molecule has 0 radical (unpaired) electrons. The number of anilines is 1. The normalized spacial score (nSPS) is 15.3. The first-order valence-corrected chi connectivity index (χ1v) is 9.05. The third-order valence-electron chi connectivity index (χ3n) is 3.87. The van der Waals surface area contributed by atoms with Gasteiger partial charge < -0.3 is 10.1 Å². The fourth-order valence-corrected chi connectivity index (χ4v) is 3.17. The van der Waals surface area contributed by atoms with Crippen LogP contribution in [-0.4, -0.2) is 35.6 Å². The van der Waals surface area contributed by atoms with Crippen molar-refractivity contribution in [1.29, 1.82) is 0 Å². The molecule has 0 bridgehead atoms. The van der Waals surface area contributed by atoms with Crippen molar-refractivity contribution in [2.45, 2.75) is 6.92 Å². The second-order valence-electron chi connectivity index (χ2n) is 6.01. The van der Waals surface area contributed by atoms with Gasteiger partial charge in [0.25, 0.3) is 17.1 Å². The van der Waals surface area contributed by atoms with E-state index in [-0.39, 0.29) is 23.7 Å². The minimum absolute atomic E-state index is 0.109. The average molecular weight is 382 g/mol. The van der Waals surface area contributed by atoms with Gasteiger partial charge in [0.05, 0.1) is 4.91 Å². The maximum atomic E-state index is 11.9. The number of nitrogens with one attached hydrogen (secondary N) is 1. The molecule has 1 N–H and O–H groups in total. The number of amides is 3. The van der Waals surface area contributed by atoms with Crippen LogP contribution in [0.5, 0.6) is 5.75 Å². The zero-order valence-electron chi connectivity index (χ0n) is 14.9. The fraction of sp³-hybridized carbons (Fsp3) is 0.150. The summed E-state index contributed by atoms with van der Waals surface area (Å²) in [6.07, 6.45) is 1.66. The van der Waals surface area contributed by atoms with Crippen molar-refractivity contribution in [2.75, 3.05) is 19.0 Å². The van der Waals surface area contributed by atoms with Crippen molar-refractivity contribution >= 4 is 40.6 Å². The largest absolute Gasteiger partial charge is 0.484 e. The molecule has 1 fully saturated rings. The molecule has 0 spiro atoms. The molecular weight excluding hydrogens is 364 g/mol. The van der Waals surface area contributed by atoms with Crippen LogP contribution >= 0.6 is 11.8 Å². The van der Waals surface area contributed by atoms with Crippen LogP contribution < -0.4 is 10.1 Å². The van der Waals surface area contributed by atoms with E-state index in [1.165, 1.54) is 7.05 Å². The Hall–Kier alpha value is -3.06. The van der Waals surface area contributed by atoms with Crippen LogP contribution in [0.25, 0.3) is 6.08 Å². The second-order valence-corrected chi connectivity index (χ2v) is 7.01. The molecule has 1 saturated heterocycles. The number of imide groups is 1. The highest BCUT2D eigenvalue weighted by Gasteiger charge is 2.31. The molecule has 2 aromatic carbocycles. The van der Waals surface area contributed by atoms with Crippen molar-refractivity contribution < 1.29 is 19.1 Å². The van der Waals surface area contributed by atoms with Gasteiger partial charge in [-0.05, 0) is 54.6 Å². The first-order valence-electron chi connectivity index (χ1n) is 8.23. The Morgan fingerprint density at radius 1 is 1.11 bits per heavy atom. The van der Waals surface area contributed by atoms with Crippen molar-refractivity contribution in [3.05, 3.63) is 64.6 Å². The zero-order valence-corrected chi connectivity index (χ0v) is 15.7. The third-order valence-corrected chi connectivity index (χ3v) is 4.83. The number of thioether (sulfide) groups is 1. The summed E-state index contributed by atoms with van der Waals surface area (Å²) >= 11 is 0.911. The van der Waals surface area contributed by atoms with Gasteiger partial charge in [0.1, 0.15) is 5.75 Å². The lowest BCUT2D eigenvalue weighted by Crippen LogP contribution is -2.22. The van der Waals surface area contributed by atoms with Gasteiger partial charge in [0, 0.05) is 12.7 Å². The summed E-state index contributed by atoms with van der Waals surface area (Å²) in [7, 11) is 1.46. The van der Waals surface area contributed by atoms with Crippen molar-refractivity contribution in [1.82, 2.24) is 4.90 Å². The lowest BCUT2D eigenvalue weighted by molar-refractivity contribution is -0.121. The summed E-state index contributed by atoms with van der Waals surface area (Å²) in [6, 6.07) is 14.4. The van der Waals surface area contributed by atoms with Crippen LogP contribution in [0, 0.1) is 6.92 Å². The maximum Gasteiger partial charge on any atom is 0.293 e. The van der Waals surface area contributed by atoms with E-state index in [4.69, 9.17) is 4.74 Å². The molecule has 1 aliphatic rings. The minimum Gasteiger partial charge on any atom is -0.484 e. The standard InChI is InChI=1S/C20H18N2O4S/c1-13-3-7-15(8-4-13)21-18(23)12-26-16-9-5-14(6-10-16)11-17-19(24)22(2)20(25)27-17/h3-11H,12H2,1-2H3,(H,21,23)/b17-11+. The molecular formula is C20H18N2O4S. The van der Waals surface area contributed by atoms with Gasteiger partial charge in [0.2, 0.25) is 0 Å². The third kappa shape index (κ3) is 4.77. The molecule has 0 unspecified atom stereocenters. The highest BCUT2D eigenvalue weighted by atomic mass is 32.2. The monoisotopic (exact) mass is 382 g/mol. The Bertz CT molecular complexity index is 905. The Balaban J connectivity index is 1.55. The number of hydrogen-bond donors (Lipinski definition) is 1.